The largest absolute Gasteiger partial charge is 0.379 e. The van der Waals surface area contributed by atoms with Gasteiger partial charge in [0.1, 0.15) is 0 Å². The normalized spacial score (nSPS) is 22.9. The Hall–Kier alpha value is -2.17. The van der Waals surface area contributed by atoms with Crippen LogP contribution in [0.4, 0.5) is 0 Å². The van der Waals surface area contributed by atoms with Gasteiger partial charge in [0, 0.05) is 25.7 Å². The summed E-state index contributed by atoms with van der Waals surface area (Å²) in [6.45, 7) is 3.66. The van der Waals surface area contributed by atoms with E-state index >= 15 is 0 Å². The zero-order valence-corrected chi connectivity index (χ0v) is 15.9. The Morgan fingerprint density at radius 3 is 2.59 bits per heavy atom. The fraction of sp³-hybridized carbons (Fsp3) is 0.435. The number of carbonyl (C=O) groups excluding carboxylic acids is 1. The number of nitrogens with one attached hydrogen (secondary N) is 1. The number of hydrogen-bond donors (Lipinski definition) is 2. The molecule has 142 valence electrons. The molecule has 4 heteroatoms. The molecule has 4 rings (SSSR count). The van der Waals surface area contributed by atoms with Gasteiger partial charge in [0.05, 0.1) is 0 Å². The average Bonchev–Trinajstić information content (AvgIpc) is 3.07. The molecule has 2 N–H and O–H groups in total. The zero-order valence-electron chi connectivity index (χ0n) is 15.9. The van der Waals surface area contributed by atoms with Gasteiger partial charge >= 0.3 is 0 Å². The Morgan fingerprint density at radius 1 is 1.15 bits per heavy atom. The number of piperidine rings is 1. The van der Waals surface area contributed by atoms with Gasteiger partial charge in [-0.25, -0.2) is 0 Å². The number of rotatable bonds is 5. The monoisotopic (exact) mass is 364 g/mol. The summed E-state index contributed by atoms with van der Waals surface area (Å²) < 4.78 is 0. The van der Waals surface area contributed by atoms with Crippen LogP contribution in [0.25, 0.3) is 0 Å². The average molecular weight is 364 g/mol. The van der Waals surface area contributed by atoms with Crippen molar-refractivity contribution < 1.29 is 9.90 Å². The molecule has 2 aromatic carbocycles. The molecule has 1 amide bonds. The molecule has 1 heterocycles. The number of fused-ring (bicyclic) bond motifs is 1. The first-order valence-electron chi connectivity index (χ1n) is 9.91. The summed E-state index contributed by atoms with van der Waals surface area (Å²) in [5, 5.41) is 14.5. The predicted molar refractivity (Wildman–Crippen MR) is 106 cm³/mol. The van der Waals surface area contributed by atoms with E-state index < -0.39 is 5.60 Å². The molecule has 0 bridgehead atoms. The quantitative estimate of drug-likeness (QED) is 0.857. The molecule has 2 aliphatic rings. The highest BCUT2D eigenvalue weighted by atomic mass is 16.3. The van der Waals surface area contributed by atoms with Crippen molar-refractivity contribution in [3.63, 3.8) is 0 Å². The molecule has 2 aromatic rings. The molecule has 1 aliphatic heterocycles. The highest BCUT2D eigenvalue weighted by Crippen LogP contribution is 2.26. The molecule has 1 atom stereocenters. The van der Waals surface area contributed by atoms with Crippen LogP contribution in [0, 0.1) is 6.92 Å². The van der Waals surface area contributed by atoms with E-state index in [0.29, 0.717) is 32.1 Å². The standard InChI is InChI=1S/C23H28N2O2/c1-17-6-4-7-18(12-17)15-25-11-5-10-23(27,22(25)26)16-24-21-13-19-8-2-3-9-20(19)14-21/h2-4,6-9,12,21,24,27H,5,10-11,13-16H2,1H3/t23-/m1/s1. The van der Waals surface area contributed by atoms with Gasteiger partial charge in [-0.15, -0.1) is 0 Å². The van der Waals surface area contributed by atoms with E-state index in [1.54, 1.807) is 0 Å². The maximum atomic E-state index is 13.0. The molecule has 0 radical (unpaired) electrons. The molecular weight excluding hydrogens is 336 g/mol. The Balaban J connectivity index is 1.38. The second-order valence-electron chi connectivity index (χ2n) is 8.11. The Morgan fingerprint density at radius 2 is 1.89 bits per heavy atom. The fourth-order valence-electron chi connectivity index (χ4n) is 4.43. The smallest absolute Gasteiger partial charge is 0.256 e. The summed E-state index contributed by atoms with van der Waals surface area (Å²) in [5.41, 5.74) is 3.76. The van der Waals surface area contributed by atoms with E-state index in [4.69, 9.17) is 0 Å². The predicted octanol–water partition coefficient (Wildman–Crippen LogP) is 2.61. The van der Waals surface area contributed by atoms with Crippen LogP contribution in [0.2, 0.25) is 0 Å². The van der Waals surface area contributed by atoms with E-state index in [1.165, 1.54) is 16.7 Å². The first-order chi connectivity index (χ1) is 13.0. The van der Waals surface area contributed by atoms with Crippen molar-refractivity contribution in [3.05, 3.63) is 70.8 Å². The van der Waals surface area contributed by atoms with Gasteiger partial charge < -0.3 is 15.3 Å². The number of nitrogens with zero attached hydrogens (tertiary/aromatic N) is 1. The molecule has 27 heavy (non-hydrogen) atoms. The minimum atomic E-state index is -1.29. The van der Waals surface area contributed by atoms with Gasteiger partial charge in [-0.2, -0.15) is 0 Å². The zero-order chi connectivity index (χ0) is 18.9. The number of carbonyl (C=O) groups is 1. The lowest BCUT2D eigenvalue weighted by Gasteiger charge is -2.39. The van der Waals surface area contributed by atoms with Crippen LogP contribution in [0.15, 0.2) is 48.5 Å². The minimum absolute atomic E-state index is 0.140. The molecule has 0 spiro atoms. The van der Waals surface area contributed by atoms with Crippen molar-refractivity contribution in [2.24, 2.45) is 0 Å². The third-order valence-corrected chi connectivity index (χ3v) is 5.89. The summed E-state index contributed by atoms with van der Waals surface area (Å²) in [6.07, 6.45) is 3.30. The summed E-state index contributed by atoms with van der Waals surface area (Å²) in [7, 11) is 0. The molecule has 1 fully saturated rings. The number of benzene rings is 2. The van der Waals surface area contributed by atoms with E-state index in [2.05, 4.69) is 48.6 Å². The van der Waals surface area contributed by atoms with Gasteiger partial charge in [0.25, 0.3) is 5.91 Å². The Bertz CT molecular complexity index is 810. The maximum Gasteiger partial charge on any atom is 0.256 e. The molecule has 0 saturated carbocycles. The number of aliphatic hydroxyl groups is 1. The van der Waals surface area contributed by atoms with Crippen LogP contribution in [0.3, 0.4) is 0 Å². The van der Waals surface area contributed by atoms with Crippen LogP contribution in [-0.4, -0.2) is 40.6 Å². The van der Waals surface area contributed by atoms with Crippen molar-refractivity contribution in [2.45, 2.75) is 50.8 Å². The van der Waals surface area contributed by atoms with Crippen molar-refractivity contribution in [2.75, 3.05) is 13.1 Å². The number of likely N-dealkylation sites (tertiary alicyclic amines) is 1. The van der Waals surface area contributed by atoms with Crippen LogP contribution in [-0.2, 0) is 24.2 Å². The second kappa shape index (κ2) is 7.45. The highest BCUT2D eigenvalue weighted by molar-refractivity contribution is 5.86. The van der Waals surface area contributed by atoms with Gasteiger partial charge in [0.15, 0.2) is 5.60 Å². The third kappa shape index (κ3) is 3.92. The van der Waals surface area contributed by atoms with Crippen molar-refractivity contribution in [3.8, 4) is 0 Å². The van der Waals surface area contributed by atoms with Gasteiger partial charge in [0.2, 0.25) is 0 Å². The molecule has 1 saturated heterocycles. The maximum absolute atomic E-state index is 13.0. The van der Waals surface area contributed by atoms with E-state index in [0.717, 1.165) is 24.8 Å². The summed E-state index contributed by atoms with van der Waals surface area (Å²) in [4.78, 5) is 14.8. The van der Waals surface area contributed by atoms with Crippen molar-refractivity contribution >= 4 is 5.91 Å². The molecule has 0 unspecified atom stereocenters. The number of amides is 1. The van der Waals surface area contributed by atoms with Crippen LogP contribution in [0.1, 0.15) is 35.1 Å². The van der Waals surface area contributed by atoms with Gasteiger partial charge in [-0.3, -0.25) is 4.79 Å². The van der Waals surface area contributed by atoms with E-state index in [9.17, 15) is 9.90 Å². The topological polar surface area (TPSA) is 52.6 Å². The molecule has 0 aromatic heterocycles. The van der Waals surface area contributed by atoms with Crippen LogP contribution in [0.5, 0.6) is 0 Å². The Kier molecular flexibility index (Phi) is 5.02. The first-order valence-corrected chi connectivity index (χ1v) is 9.91. The summed E-state index contributed by atoms with van der Waals surface area (Å²) in [6, 6.07) is 17.0. The first kappa shape index (κ1) is 18.2. The van der Waals surface area contributed by atoms with Crippen LogP contribution >= 0.6 is 0 Å². The van der Waals surface area contributed by atoms with Crippen molar-refractivity contribution in [1.29, 1.82) is 0 Å². The Labute approximate surface area is 161 Å². The number of aryl methyl sites for hydroxylation is 1. The van der Waals surface area contributed by atoms with Crippen molar-refractivity contribution in [1.82, 2.24) is 10.2 Å². The lowest BCUT2D eigenvalue weighted by Crippen LogP contribution is -2.58. The highest BCUT2D eigenvalue weighted by Gasteiger charge is 2.42. The molecule has 4 nitrogen and oxygen atoms in total. The molecule has 1 aliphatic carbocycles. The minimum Gasteiger partial charge on any atom is -0.379 e. The lowest BCUT2D eigenvalue weighted by molar-refractivity contribution is -0.157. The second-order valence-corrected chi connectivity index (χ2v) is 8.11. The van der Waals surface area contributed by atoms with Gasteiger partial charge in [-0.1, -0.05) is 54.1 Å². The molecular formula is C23H28N2O2. The van der Waals surface area contributed by atoms with E-state index in [1.807, 2.05) is 17.0 Å². The van der Waals surface area contributed by atoms with Crippen LogP contribution < -0.4 is 5.32 Å². The lowest BCUT2D eigenvalue weighted by atomic mass is 9.91. The third-order valence-electron chi connectivity index (χ3n) is 5.89. The van der Waals surface area contributed by atoms with Gasteiger partial charge in [-0.05, 0) is 49.3 Å². The SMILES string of the molecule is Cc1cccc(CN2CCC[C@@](O)(CNC3Cc4ccccc4C3)C2=O)c1. The fourth-order valence-corrected chi connectivity index (χ4v) is 4.43. The number of hydrogen-bond acceptors (Lipinski definition) is 3. The summed E-state index contributed by atoms with van der Waals surface area (Å²) >= 11 is 0. The summed E-state index contributed by atoms with van der Waals surface area (Å²) in [5.74, 6) is -0.140. The van der Waals surface area contributed by atoms with E-state index in [-0.39, 0.29) is 5.91 Å².